The zero-order valence-electron chi connectivity index (χ0n) is 12.3. The van der Waals surface area contributed by atoms with Gasteiger partial charge in [0.2, 0.25) is 0 Å². The van der Waals surface area contributed by atoms with E-state index in [0.29, 0.717) is 17.9 Å². The van der Waals surface area contributed by atoms with E-state index in [4.69, 9.17) is 11.0 Å². The molecule has 4 heteroatoms. The summed E-state index contributed by atoms with van der Waals surface area (Å²) in [4.78, 5) is 14.2. The Morgan fingerprint density at radius 1 is 1.37 bits per heavy atom. The van der Waals surface area contributed by atoms with Crippen LogP contribution in [-0.2, 0) is 11.0 Å². The lowest BCUT2D eigenvalue weighted by Gasteiger charge is -2.36. The Bertz CT molecular complexity index is 510. The third-order valence-corrected chi connectivity index (χ3v) is 8.22. The predicted octanol–water partition coefficient (Wildman–Crippen LogP) is 4.57. The van der Waals surface area contributed by atoms with Gasteiger partial charge < -0.3 is 4.43 Å². The second-order valence-corrected chi connectivity index (χ2v) is 11.0. The monoisotopic (exact) mass is 275 g/mol. The summed E-state index contributed by atoms with van der Waals surface area (Å²) in [7, 11) is -1.79. The average molecular weight is 275 g/mol. The Hall–Kier alpha value is -1.44. The lowest BCUT2D eigenvalue weighted by molar-refractivity contribution is 0.112. The highest BCUT2D eigenvalue weighted by Crippen LogP contribution is 2.37. The fraction of sp³-hybridized carbons (Fsp3) is 0.467. The molecule has 0 fully saturated rings. The van der Waals surface area contributed by atoms with Crippen molar-refractivity contribution in [3.8, 4) is 0 Å². The van der Waals surface area contributed by atoms with E-state index in [-0.39, 0.29) is 5.04 Å². The fourth-order valence-electron chi connectivity index (χ4n) is 1.37. The topological polar surface area (TPSA) is 30.7 Å². The molecular weight excluding hydrogens is 254 g/mol. The van der Waals surface area contributed by atoms with Gasteiger partial charge in [0.05, 0.1) is 13.2 Å². The number of rotatable bonds is 4. The number of hydrogen-bond donors (Lipinski definition) is 0. The Balaban J connectivity index is 2.86. The molecule has 0 radical (unpaired) electrons. The lowest BCUT2D eigenvalue weighted by Crippen LogP contribution is -2.40. The van der Waals surface area contributed by atoms with Crippen molar-refractivity contribution in [1.29, 1.82) is 0 Å². The smallest absolute Gasteiger partial charge is 0.197 e. The molecule has 0 saturated heterocycles. The van der Waals surface area contributed by atoms with Gasteiger partial charge in [0, 0.05) is 5.56 Å². The molecule has 19 heavy (non-hydrogen) atoms. The minimum absolute atomic E-state index is 0.164. The molecule has 0 heterocycles. The first kappa shape index (κ1) is 15.6. The molecule has 1 rings (SSSR count). The van der Waals surface area contributed by atoms with E-state index in [2.05, 4.69) is 38.7 Å². The van der Waals surface area contributed by atoms with Gasteiger partial charge in [-0.05, 0) is 23.7 Å². The van der Waals surface area contributed by atoms with Gasteiger partial charge in [0.25, 0.3) is 0 Å². The van der Waals surface area contributed by atoms with Gasteiger partial charge in [0.1, 0.15) is 6.29 Å². The Labute approximate surface area is 116 Å². The molecule has 3 nitrogen and oxygen atoms in total. The highest BCUT2D eigenvalue weighted by atomic mass is 28.4. The van der Waals surface area contributed by atoms with Gasteiger partial charge in [-0.3, -0.25) is 4.79 Å². The highest BCUT2D eigenvalue weighted by Gasteiger charge is 2.36. The average Bonchev–Trinajstić information content (AvgIpc) is 2.34. The lowest BCUT2D eigenvalue weighted by atomic mass is 10.1. The van der Waals surface area contributed by atoms with Crippen molar-refractivity contribution in [2.45, 2.75) is 45.5 Å². The largest absolute Gasteiger partial charge is 0.413 e. The van der Waals surface area contributed by atoms with E-state index >= 15 is 0 Å². The molecule has 0 spiro atoms. The van der Waals surface area contributed by atoms with Crippen LogP contribution in [0, 0.1) is 6.57 Å². The van der Waals surface area contributed by atoms with E-state index in [0.717, 1.165) is 11.8 Å². The summed E-state index contributed by atoms with van der Waals surface area (Å²) in [5.74, 6) is 0. The molecule has 0 unspecified atom stereocenters. The summed E-state index contributed by atoms with van der Waals surface area (Å²) < 4.78 is 6.10. The van der Waals surface area contributed by atoms with Crippen LogP contribution in [0.15, 0.2) is 18.2 Å². The molecule has 0 saturated carbocycles. The van der Waals surface area contributed by atoms with Gasteiger partial charge in [-0.2, -0.15) is 0 Å². The van der Waals surface area contributed by atoms with E-state index < -0.39 is 8.32 Å². The molecule has 0 bridgehead atoms. The summed E-state index contributed by atoms with van der Waals surface area (Å²) in [6.45, 7) is 18.4. The molecule has 0 atom stereocenters. The van der Waals surface area contributed by atoms with Gasteiger partial charge in [-0.25, -0.2) is 4.85 Å². The highest BCUT2D eigenvalue weighted by molar-refractivity contribution is 6.74. The number of benzene rings is 1. The molecule has 0 aromatic heterocycles. The summed E-state index contributed by atoms with van der Waals surface area (Å²) in [5, 5.41) is 0.164. The fourth-order valence-corrected chi connectivity index (χ4v) is 2.33. The third kappa shape index (κ3) is 3.76. The van der Waals surface area contributed by atoms with Crippen molar-refractivity contribution in [1.82, 2.24) is 0 Å². The number of aldehydes is 1. The Morgan fingerprint density at radius 2 is 2.00 bits per heavy atom. The van der Waals surface area contributed by atoms with E-state index in [1.54, 1.807) is 12.1 Å². The van der Waals surface area contributed by atoms with Crippen LogP contribution in [0.5, 0.6) is 0 Å². The van der Waals surface area contributed by atoms with E-state index in [1.807, 2.05) is 6.07 Å². The molecule has 102 valence electrons. The number of carbonyl (C=O) groups is 1. The first-order valence-corrected chi connectivity index (χ1v) is 9.21. The minimum atomic E-state index is -1.79. The third-order valence-electron chi connectivity index (χ3n) is 3.75. The zero-order chi connectivity index (χ0) is 14.7. The number of nitrogens with zero attached hydrogens (tertiary/aromatic N) is 1. The molecule has 0 amide bonds. The van der Waals surface area contributed by atoms with Crippen LogP contribution in [0.4, 0.5) is 5.69 Å². The van der Waals surface area contributed by atoms with Crippen LogP contribution < -0.4 is 0 Å². The molecule has 0 N–H and O–H groups in total. The van der Waals surface area contributed by atoms with Crippen molar-refractivity contribution in [3.63, 3.8) is 0 Å². The maximum absolute atomic E-state index is 10.9. The molecule has 0 aliphatic rings. The molecule has 0 aliphatic heterocycles. The summed E-state index contributed by atoms with van der Waals surface area (Å²) >= 11 is 0. The van der Waals surface area contributed by atoms with Crippen molar-refractivity contribution in [2.24, 2.45) is 0 Å². The first-order chi connectivity index (χ1) is 8.71. The molecule has 0 aliphatic carbocycles. The normalized spacial score (nSPS) is 12.0. The van der Waals surface area contributed by atoms with Gasteiger partial charge >= 0.3 is 0 Å². The van der Waals surface area contributed by atoms with Crippen molar-refractivity contribution < 1.29 is 9.22 Å². The van der Waals surface area contributed by atoms with Crippen LogP contribution in [-0.4, -0.2) is 14.6 Å². The quantitative estimate of drug-likeness (QED) is 0.458. The van der Waals surface area contributed by atoms with Crippen molar-refractivity contribution >= 4 is 20.3 Å². The van der Waals surface area contributed by atoms with Crippen molar-refractivity contribution in [3.05, 3.63) is 40.7 Å². The maximum Gasteiger partial charge on any atom is 0.197 e. The Morgan fingerprint density at radius 3 is 2.47 bits per heavy atom. The molecule has 1 aromatic rings. The summed E-state index contributed by atoms with van der Waals surface area (Å²) in [6, 6.07) is 5.28. The standard InChI is InChI=1S/C15H21NO2Si/c1-15(2,3)19(5,6)18-11-12-7-8-14(16-4)13(9-12)10-17/h7-10H,11H2,1-3,5-6H3. The van der Waals surface area contributed by atoms with Gasteiger partial charge in [-0.1, -0.05) is 39.0 Å². The van der Waals surface area contributed by atoms with E-state index in [9.17, 15) is 4.79 Å². The molecular formula is C15H21NO2Si. The van der Waals surface area contributed by atoms with Crippen LogP contribution in [0.3, 0.4) is 0 Å². The first-order valence-electron chi connectivity index (χ1n) is 6.31. The van der Waals surface area contributed by atoms with Crippen LogP contribution in [0.1, 0.15) is 36.7 Å². The number of carbonyl (C=O) groups excluding carboxylic acids is 1. The number of hydrogen-bond acceptors (Lipinski definition) is 2. The van der Waals surface area contributed by atoms with E-state index in [1.165, 1.54) is 0 Å². The van der Waals surface area contributed by atoms with Crippen LogP contribution in [0.2, 0.25) is 18.1 Å². The zero-order valence-corrected chi connectivity index (χ0v) is 13.3. The predicted molar refractivity (Wildman–Crippen MR) is 80.1 cm³/mol. The summed E-state index contributed by atoms with van der Waals surface area (Å²) in [6.07, 6.45) is 0.725. The summed E-state index contributed by atoms with van der Waals surface area (Å²) in [5.41, 5.74) is 1.77. The van der Waals surface area contributed by atoms with Crippen LogP contribution >= 0.6 is 0 Å². The van der Waals surface area contributed by atoms with Gasteiger partial charge in [-0.15, -0.1) is 0 Å². The second-order valence-electron chi connectivity index (χ2n) is 6.17. The Kier molecular flexibility index (Phi) is 4.67. The van der Waals surface area contributed by atoms with Gasteiger partial charge in [0.15, 0.2) is 14.0 Å². The maximum atomic E-state index is 10.9. The minimum Gasteiger partial charge on any atom is -0.413 e. The SMILES string of the molecule is [C-]#[N+]c1ccc(CO[Si](C)(C)C(C)(C)C)cc1C=O. The van der Waals surface area contributed by atoms with Crippen LogP contribution in [0.25, 0.3) is 4.85 Å². The van der Waals surface area contributed by atoms with Crippen molar-refractivity contribution in [2.75, 3.05) is 0 Å². The second kappa shape index (κ2) is 5.68. The molecule has 1 aromatic carbocycles.